The summed E-state index contributed by atoms with van der Waals surface area (Å²) in [6, 6.07) is 19.2. The highest BCUT2D eigenvalue weighted by Crippen LogP contribution is 2.19. The first kappa shape index (κ1) is 11.2. The van der Waals surface area contributed by atoms with E-state index in [4.69, 9.17) is 4.99 Å². The SMILES string of the molecule is c1ccc(CN=C2CCc3ccccc3C2)cc1. The average Bonchev–Trinajstić information content (AvgIpc) is 2.46. The van der Waals surface area contributed by atoms with Crippen molar-refractivity contribution in [2.75, 3.05) is 0 Å². The van der Waals surface area contributed by atoms with Crippen LogP contribution in [0.25, 0.3) is 0 Å². The zero-order valence-electron chi connectivity index (χ0n) is 10.5. The van der Waals surface area contributed by atoms with Crippen LogP contribution < -0.4 is 0 Å². The second-order valence-electron chi connectivity index (χ2n) is 4.81. The highest BCUT2D eigenvalue weighted by molar-refractivity contribution is 5.88. The fourth-order valence-electron chi connectivity index (χ4n) is 2.48. The van der Waals surface area contributed by atoms with Crippen molar-refractivity contribution in [2.45, 2.75) is 25.8 Å². The molecule has 0 unspecified atom stereocenters. The minimum absolute atomic E-state index is 0.818. The Labute approximate surface area is 108 Å². The fourth-order valence-corrected chi connectivity index (χ4v) is 2.48. The fraction of sp³-hybridized carbons (Fsp3) is 0.235. The van der Waals surface area contributed by atoms with Gasteiger partial charge in [-0.1, -0.05) is 54.6 Å². The van der Waals surface area contributed by atoms with Gasteiger partial charge in [0.1, 0.15) is 0 Å². The van der Waals surface area contributed by atoms with E-state index in [2.05, 4.69) is 48.5 Å². The van der Waals surface area contributed by atoms with Crippen LogP contribution in [0.4, 0.5) is 0 Å². The summed E-state index contributed by atoms with van der Waals surface area (Å²) in [5.74, 6) is 0. The molecule has 0 saturated heterocycles. The van der Waals surface area contributed by atoms with Gasteiger partial charge < -0.3 is 0 Å². The van der Waals surface area contributed by atoms with E-state index in [1.54, 1.807) is 0 Å². The molecule has 0 saturated carbocycles. The largest absolute Gasteiger partial charge is 0.289 e. The van der Waals surface area contributed by atoms with Gasteiger partial charge in [0.15, 0.2) is 0 Å². The third-order valence-electron chi connectivity index (χ3n) is 3.52. The first-order valence-electron chi connectivity index (χ1n) is 6.55. The molecular formula is C17H17N. The van der Waals surface area contributed by atoms with Gasteiger partial charge in [-0.25, -0.2) is 0 Å². The zero-order chi connectivity index (χ0) is 12.2. The van der Waals surface area contributed by atoms with E-state index < -0.39 is 0 Å². The third-order valence-corrected chi connectivity index (χ3v) is 3.52. The molecule has 1 aliphatic rings. The van der Waals surface area contributed by atoms with Crippen molar-refractivity contribution in [3.8, 4) is 0 Å². The Bertz CT molecular complexity index is 555. The van der Waals surface area contributed by atoms with Crippen molar-refractivity contribution in [1.29, 1.82) is 0 Å². The van der Waals surface area contributed by atoms with Crippen molar-refractivity contribution in [3.05, 3.63) is 71.3 Å². The maximum absolute atomic E-state index is 4.77. The molecule has 1 aliphatic carbocycles. The molecule has 2 aromatic carbocycles. The Hall–Kier alpha value is -1.89. The minimum Gasteiger partial charge on any atom is -0.289 e. The molecule has 0 amide bonds. The summed E-state index contributed by atoms with van der Waals surface area (Å²) in [7, 11) is 0. The summed E-state index contributed by atoms with van der Waals surface area (Å²) in [4.78, 5) is 4.77. The van der Waals surface area contributed by atoms with Crippen LogP contribution in [0, 0.1) is 0 Å². The first-order valence-corrected chi connectivity index (χ1v) is 6.55. The molecule has 0 fully saturated rings. The molecule has 0 atom stereocenters. The zero-order valence-corrected chi connectivity index (χ0v) is 10.5. The molecule has 0 heterocycles. The lowest BCUT2D eigenvalue weighted by Crippen LogP contribution is -2.13. The predicted octanol–water partition coefficient (Wildman–Crippen LogP) is 3.82. The molecule has 18 heavy (non-hydrogen) atoms. The smallest absolute Gasteiger partial charge is 0.0639 e. The van der Waals surface area contributed by atoms with Crippen LogP contribution in [0.5, 0.6) is 0 Å². The molecule has 3 rings (SSSR count). The number of fused-ring (bicyclic) bond motifs is 1. The highest BCUT2D eigenvalue weighted by atomic mass is 14.7. The number of hydrogen-bond acceptors (Lipinski definition) is 1. The lowest BCUT2D eigenvalue weighted by atomic mass is 9.90. The van der Waals surface area contributed by atoms with E-state index in [-0.39, 0.29) is 0 Å². The van der Waals surface area contributed by atoms with E-state index >= 15 is 0 Å². The van der Waals surface area contributed by atoms with E-state index in [0.29, 0.717) is 0 Å². The van der Waals surface area contributed by atoms with Gasteiger partial charge in [-0.05, 0) is 29.5 Å². The molecule has 0 aromatic heterocycles. The molecule has 0 aliphatic heterocycles. The highest BCUT2D eigenvalue weighted by Gasteiger charge is 2.12. The van der Waals surface area contributed by atoms with Gasteiger partial charge >= 0.3 is 0 Å². The van der Waals surface area contributed by atoms with Crippen molar-refractivity contribution >= 4 is 5.71 Å². The normalized spacial score (nSPS) is 16.6. The van der Waals surface area contributed by atoms with Gasteiger partial charge in [-0.15, -0.1) is 0 Å². The summed E-state index contributed by atoms with van der Waals surface area (Å²) in [6.45, 7) is 0.818. The van der Waals surface area contributed by atoms with Crippen LogP contribution in [-0.2, 0) is 19.4 Å². The molecule has 0 N–H and O–H groups in total. The second kappa shape index (κ2) is 5.18. The van der Waals surface area contributed by atoms with Gasteiger partial charge in [0.05, 0.1) is 6.54 Å². The summed E-state index contributed by atoms with van der Waals surface area (Å²) in [6.07, 6.45) is 3.29. The maximum atomic E-state index is 4.77. The van der Waals surface area contributed by atoms with Gasteiger partial charge in [-0.2, -0.15) is 0 Å². The van der Waals surface area contributed by atoms with Crippen molar-refractivity contribution in [2.24, 2.45) is 4.99 Å². The predicted molar refractivity (Wildman–Crippen MR) is 76.0 cm³/mol. The Morgan fingerprint density at radius 3 is 2.33 bits per heavy atom. The van der Waals surface area contributed by atoms with Crippen molar-refractivity contribution in [1.82, 2.24) is 0 Å². The van der Waals surface area contributed by atoms with Gasteiger partial charge in [0.25, 0.3) is 0 Å². The van der Waals surface area contributed by atoms with Gasteiger partial charge in [0, 0.05) is 12.1 Å². The van der Waals surface area contributed by atoms with E-state index in [0.717, 1.165) is 25.8 Å². The summed E-state index contributed by atoms with van der Waals surface area (Å²) >= 11 is 0. The van der Waals surface area contributed by atoms with E-state index in [1.165, 1.54) is 22.4 Å². The monoisotopic (exact) mass is 235 g/mol. The molecule has 1 heteroatoms. The van der Waals surface area contributed by atoms with Crippen LogP contribution in [0.3, 0.4) is 0 Å². The summed E-state index contributed by atoms with van der Waals surface area (Å²) in [5, 5.41) is 0. The average molecular weight is 235 g/mol. The molecule has 0 radical (unpaired) electrons. The topological polar surface area (TPSA) is 12.4 Å². The number of benzene rings is 2. The Balaban J connectivity index is 1.72. The van der Waals surface area contributed by atoms with Gasteiger partial charge in [-0.3, -0.25) is 4.99 Å². The first-order chi connectivity index (χ1) is 8.92. The lowest BCUT2D eigenvalue weighted by Gasteiger charge is -2.17. The molecule has 90 valence electrons. The quantitative estimate of drug-likeness (QED) is 0.750. The van der Waals surface area contributed by atoms with Crippen LogP contribution in [0.15, 0.2) is 59.6 Å². The van der Waals surface area contributed by atoms with Crippen LogP contribution >= 0.6 is 0 Å². The Kier molecular flexibility index (Phi) is 3.22. The maximum Gasteiger partial charge on any atom is 0.0639 e. The number of hydrogen-bond donors (Lipinski definition) is 0. The number of rotatable bonds is 2. The van der Waals surface area contributed by atoms with Crippen molar-refractivity contribution < 1.29 is 0 Å². The van der Waals surface area contributed by atoms with Crippen LogP contribution in [0.1, 0.15) is 23.1 Å². The standard InChI is InChI=1S/C17H17N/c1-2-6-14(7-3-1)13-18-17-11-10-15-8-4-5-9-16(15)12-17/h1-9H,10-13H2. The molecule has 0 bridgehead atoms. The lowest BCUT2D eigenvalue weighted by molar-refractivity contribution is 0.920. The van der Waals surface area contributed by atoms with Crippen LogP contribution in [-0.4, -0.2) is 5.71 Å². The van der Waals surface area contributed by atoms with Crippen LogP contribution in [0.2, 0.25) is 0 Å². The van der Waals surface area contributed by atoms with E-state index in [9.17, 15) is 0 Å². The number of aryl methyl sites for hydroxylation is 1. The number of aliphatic imine (C=N–C) groups is 1. The summed E-state index contributed by atoms with van der Waals surface area (Å²) in [5.41, 5.74) is 5.59. The summed E-state index contributed by atoms with van der Waals surface area (Å²) < 4.78 is 0. The molecule has 1 nitrogen and oxygen atoms in total. The van der Waals surface area contributed by atoms with Gasteiger partial charge in [0.2, 0.25) is 0 Å². The van der Waals surface area contributed by atoms with Crippen molar-refractivity contribution in [3.63, 3.8) is 0 Å². The second-order valence-corrected chi connectivity index (χ2v) is 4.81. The molecular weight excluding hydrogens is 218 g/mol. The number of nitrogens with zero attached hydrogens (tertiary/aromatic N) is 1. The van der Waals surface area contributed by atoms with E-state index in [1.807, 2.05) is 6.07 Å². The Morgan fingerprint density at radius 2 is 1.50 bits per heavy atom. The molecule has 2 aromatic rings. The molecule has 0 spiro atoms. The third kappa shape index (κ3) is 2.51. The minimum atomic E-state index is 0.818. The Morgan fingerprint density at radius 1 is 0.778 bits per heavy atom.